The van der Waals surface area contributed by atoms with Crippen molar-refractivity contribution in [1.29, 1.82) is 0 Å². The van der Waals surface area contributed by atoms with Gasteiger partial charge in [-0.15, -0.1) is 0 Å². The van der Waals surface area contributed by atoms with E-state index < -0.39 is 23.4 Å². The molecule has 0 saturated carbocycles. The molecule has 1 saturated heterocycles. The number of carboxylic acids is 1. The van der Waals surface area contributed by atoms with Gasteiger partial charge in [-0.2, -0.15) is 13.2 Å². The Morgan fingerprint density at radius 1 is 1.37 bits per heavy atom. The van der Waals surface area contributed by atoms with E-state index in [1.54, 1.807) is 0 Å². The summed E-state index contributed by atoms with van der Waals surface area (Å²) in [5.41, 5.74) is -2.32. The molecule has 0 amide bonds. The fourth-order valence-electron chi connectivity index (χ4n) is 1.92. The summed E-state index contributed by atoms with van der Waals surface area (Å²) < 4.78 is 43.4. The Kier molecular flexibility index (Phi) is 3.70. The van der Waals surface area contributed by atoms with Crippen LogP contribution in [-0.2, 0) is 10.9 Å². The second-order valence-corrected chi connectivity index (χ2v) is 4.18. The molecular weight excluding hydrogens is 265 g/mol. The van der Waals surface area contributed by atoms with Crippen molar-refractivity contribution in [2.45, 2.75) is 24.9 Å². The van der Waals surface area contributed by atoms with Gasteiger partial charge in [-0.1, -0.05) is 0 Å². The summed E-state index contributed by atoms with van der Waals surface area (Å²) in [6, 6.07) is 0. The van der Waals surface area contributed by atoms with Gasteiger partial charge in [-0.05, 0) is 12.8 Å². The highest BCUT2D eigenvalue weighted by atomic mass is 19.4. The predicted octanol–water partition coefficient (Wildman–Crippen LogP) is 2.09. The molecule has 1 fully saturated rings. The second-order valence-electron chi connectivity index (χ2n) is 4.18. The zero-order valence-corrected chi connectivity index (χ0v) is 9.78. The molecule has 1 aromatic heterocycles. The maximum absolute atomic E-state index is 12.8. The van der Waals surface area contributed by atoms with Crippen LogP contribution in [0.25, 0.3) is 0 Å². The van der Waals surface area contributed by atoms with E-state index in [9.17, 15) is 18.0 Å². The van der Waals surface area contributed by atoms with Crippen LogP contribution in [0, 0.1) is 0 Å². The van der Waals surface area contributed by atoms with Gasteiger partial charge in [0.25, 0.3) is 0 Å². The summed E-state index contributed by atoms with van der Waals surface area (Å²) >= 11 is 0. The fraction of sp³-hybridized carbons (Fsp3) is 0.545. The second kappa shape index (κ2) is 5.12. The van der Waals surface area contributed by atoms with Gasteiger partial charge in [-0.25, -0.2) is 14.8 Å². The van der Waals surface area contributed by atoms with Crippen molar-refractivity contribution >= 4 is 5.97 Å². The minimum absolute atomic E-state index is 0.0284. The van der Waals surface area contributed by atoms with Crippen molar-refractivity contribution in [1.82, 2.24) is 9.97 Å². The number of hydrogen-bond donors (Lipinski definition) is 1. The number of ether oxygens (including phenoxy) is 1. The van der Waals surface area contributed by atoms with Gasteiger partial charge in [0.1, 0.15) is 11.4 Å². The van der Waals surface area contributed by atoms with E-state index in [-0.39, 0.29) is 11.7 Å². The van der Waals surface area contributed by atoms with Crippen molar-refractivity contribution in [2.24, 2.45) is 0 Å². The summed E-state index contributed by atoms with van der Waals surface area (Å²) in [5, 5.41) is 8.73. The zero-order chi connectivity index (χ0) is 14.0. The summed E-state index contributed by atoms with van der Waals surface area (Å²) in [6.07, 6.45) is -3.02. The van der Waals surface area contributed by atoms with E-state index >= 15 is 0 Å². The molecule has 1 N–H and O–H groups in total. The van der Waals surface area contributed by atoms with Gasteiger partial charge >= 0.3 is 12.1 Å². The third-order valence-electron chi connectivity index (χ3n) is 2.89. The van der Waals surface area contributed by atoms with E-state index in [2.05, 4.69) is 9.97 Å². The molecule has 1 aromatic rings. The first-order valence-corrected chi connectivity index (χ1v) is 5.64. The molecule has 0 aliphatic carbocycles. The summed E-state index contributed by atoms with van der Waals surface area (Å²) in [6.45, 7) is 0.881. The Labute approximate surface area is 106 Å². The third kappa shape index (κ3) is 3.01. The standard InChI is InChI=1S/C11H11F3N2O3/c12-11(13,14)8-7(10(17)18)5-15-9(16-8)6-1-3-19-4-2-6/h5-6H,1-4H2,(H,17,18). The maximum Gasteiger partial charge on any atom is 0.434 e. The number of rotatable bonds is 2. The molecule has 5 nitrogen and oxygen atoms in total. The molecule has 104 valence electrons. The highest BCUT2D eigenvalue weighted by Gasteiger charge is 2.38. The number of nitrogens with zero attached hydrogens (tertiary/aromatic N) is 2. The topological polar surface area (TPSA) is 72.3 Å². The molecule has 0 bridgehead atoms. The van der Waals surface area contributed by atoms with Crippen LogP contribution >= 0.6 is 0 Å². The summed E-state index contributed by atoms with van der Waals surface area (Å²) in [5.74, 6) is -1.89. The Morgan fingerprint density at radius 2 is 2.00 bits per heavy atom. The molecule has 8 heteroatoms. The number of carboxylic acid groups (broad SMARTS) is 1. The van der Waals surface area contributed by atoms with Gasteiger partial charge in [0, 0.05) is 25.3 Å². The number of alkyl halides is 3. The van der Waals surface area contributed by atoms with Crippen LogP contribution in [-0.4, -0.2) is 34.3 Å². The molecule has 0 spiro atoms. The molecular formula is C11H11F3N2O3. The van der Waals surface area contributed by atoms with E-state index in [1.165, 1.54) is 0 Å². The monoisotopic (exact) mass is 276 g/mol. The molecule has 2 heterocycles. The fourth-order valence-corrected chi connectivity index (χ4v) is 1.92. The quantitative estimate of drug-likeness (QED) is 0.895. The Balaban J connectivity index is 2.40. The van der Waals surface area contributed by atoms with Crippen LogP contribution in [0.5, 0.6) is 0 Å². The normalized spacial score (nSPS) is 17.4. The number of aromatic nitrogens is 2. The molecule has 0 aromatic carbocycles. The smallest absolute Gasteiger partial charge is 0.434 e. The number of halogens is 3. The summed E-state index contributed by atoms with van der Waals surface area (Å²) in [4.78, 5) is 17.9. The zero-order valence-electron chi connectivity index (χ0n) is 9.78. The van der Waals surface area contributed by atoms with E-state index in [4.69, 9.17) is 9.84 Å². The maximum atomic E-state index is 12.8. The molecule has 1 aliphatic rings. The first-order chi connectivity index (χ1) is 8.89. The Morgan fingerprint density at radius 3 is 2.53 bits per heavy atom. The van der Waals surface area contributed by atoms with E-state index in [1.807, 2.05) is 0 Å². The number of carbonyl (C=O) groups is 1. The van der Waals surface area contributed by atoms with Crippen LogP contribution in [0.4, 0.5) is 13.2 Å². The van der Waals surface area contributed by atoms with Gasteiger partial charge in [0.2, 0.25) is 0 Å². The molecule has 0 radical (unpaired) electrons. The summed E-state index contributed by atoms with van der Waals surface area (Å²) in [7, 11) is 0. The number of hydrogen-bond acceptors (Lipinski definition) is 4. The van der Waals surface area contributed by atoms with Gasteiger partial charge in [0.05, 0.1) is 0 Å². The van der Waals surface area contributed by atoms with E-state index in [0.29, 0.717) is 26.1 Å². The minimum atomic E-state index is -4.81. The lowest BCUT2D eigenvalue weighted by Crippen LogP contribution is -2.21. The van der Waals surface area contributed by atoms with Crippen molar-refractivity contribution < 1.29 is 27.8 Å². The van der Waals surface area contributed by atoms with Crippen LogP contribution in [0.1, 0.15) is 40.6 Å². The van der Waals surface area contributed by atoms with Crippen LogP contribution in [0.3, 0.4) is 0 Å². The van der Waals surface area contributed by atoms with Gasteiger partial charge < -0.3 is 9.84 Å². The first kappa shape index (κ1) is 13.7. The lowest BCUT2D eigenvalue weighted by atomic mass is 9.99. The van der Waals surface area contributed by atoms with Crippen LogP contribution in [0.2, 0.25) is 0 Å². The molecule has 0 unspecified atom stereocenters. The lowest BCUT2D eigenvalue weighted by molar-refractivity contribution is -0.142. The molecule has 1 aliphatic heterocycles. The lowest BCUT2D eigenvalue weighted by Gasteiger charge is -2.21. The number of aromatic carboxylic acids is 1. The highest BCUT2D eigenvalue weighted by molar-refractivity contribution is 5.88. The molecule has 0 atom stereocenters. The average molecular weight is 276 g/mol. The van der Waals surface area contributed by atoms with Crippen molar-refractivity contribution in [3.05, 3.63) is 23.3 Å². The highest BCUT2D eigenvalue weighted by Crippen LogP contribution is 2.32. The largest absolute Gasteiger partial charge is 0.478 e. The Hall–Kier alpha value is -1.70. The van der Waals surface area contributed by atoms with Crippen LogP contribution < -0.4 is 0 Å². The molecule has 2 rings (SSSR count). The first-order valence-electron chi connectivity index (χ1n) is 5.64. The van der Waals surface area contributed by atoms with Crippen molar-refractivity contribution in [3.63, 3.8) is 0 Å². The minimum Gasteiger partial charge on any atom is -0.478 e. The van der Waals surface area contributed by atoms with E-state index in [0.717, 1.165) is 6.20 Å². The van der Waals surface area contributed by atoms with Crippen LogP contribution in [0.15, 0.2) is 6.20 Å². The van der Waals surface area contributed by atoms with Crippen molar-refractivity contribution in [3.8, 4) is 0 Å². The van der Waals surface area contributed by atoms with Crippen molar-refractivity contribution in [2.75, 3.05) is 13.2 Å². The SMILES string of the molecule is O=C(O)c1cnc(C2CCOCC2)nc1C(F)(F)F. The predicted molar refractivity (Wildman–Crippen MR) is 56.8 cm³/mol. The third-order valence-corrected chi connectivity index (χ3v) is 2.89. The van der Waals surface area contributed by atoms with Gasteiger partial charge in [-0.3, -0.25) is 0 Å². The van der Waals surface area contributed by atoms with Gasteiger partial charge in [0.15, 0.2) is 5.69 Å². The molecule has 19 heavy (non-hydrogen) atoms. The Bertz CT molecular complexity index is 485. The average Bonchev–Trinajstić information content (AvgIpc) is 2.38.